The number of rotatable bonds is 2. The molecule has 3 rings (SSSR count). The van der Waals surface area contributed by atoms with Crippen LogP contribution in [0.3, 0.4) is 0 Å². The van der Waals surface area contributed by atoms with Gasteiger partial charge in [-0.2, -0.15) is 11.8 Å². The maximum atomic E-state index is 5.98. The summed E-state index contributed by atoms with van der Waals surface area (Å²) in [5, 5.41) is 0. The molecule has 92 valence electrons. The fourth-order valence-corrected chi connectivity index (χ4v) is 3.31. The molecule has 2 N–H and O–H groups in total. The van der Waals surface area contributed by atoms with Crippen LogP contribution in [0.1, 0.15) is 22.6 Å². The van der Waals surface area contributed by atoms with Crippen molar-refractivity contribution >= 4 is 33.5 Å². The molecule has 5 heteroatoms. The van der Waals surface area contributed by atoms with Crippen LogP contribution >= 0.6 is 27.7 Å². The molecule has 0 amide bonds. The van der Waals surface area contributed by atoms with E-state index in [1.54, 1.807) is 0 Å². The summed E-state index contributed by atoms with van der Waals surface area (Å²) in [5.41, 5.74) is 9.41. The topological polar surface area (TPSA) is 51.8 Å². The Balaban J connectivity index is 1.89. The zero-order valence-electron chi connectivity index (χ0n) is 9.69. The first-order valence-electron chi connectivity index (χ1n) is 5.69. The van der Waals surface area contributed by atoms with E-state index in [0.717, 1.165) is 39.5 Å². The van der Waals surface area contributed by atoms with Crippen molar-refractivity contribution in [3.05, 3.63) is 51.4 Å². The molecule has 1 aromatic heterocycles. The predicted octanol–water partition coefficient (Wildman–Crippen LogP) is 3.16. The van der Waals surface area contributed by atoms with Crippen molar-refractivity contribution in [1.29, 1.82) is 0 Å². The zero-order valence-corrected chi connectivity index (χ0v) is 12.1. The SMILES string of the molecule is Nc1nc(Cc2ccc(Br)cc2)nc2c1CSC2. The number of thioether (sulfide) groups is 1. The van der Waals surface area contributed by atoms with E-state index in [2.05, 4.69) is 38.0 Å². The van der Waals surface area contributed by atoms with E-state index in [4.69, 9.17) is 5.73 Å². The number of nitrogens with zero attached hydrogens (tertiary/aromatic N) is 2. The summed E-state index contributed by atoms with van der Waals surface area (Å²) in [6, 6.07) is 8.21. The molecule has 1 aliphatic rings. The Bertz CT molecular complexity index is 584. The first-order valence-corrected chi connectivity index (χ1v) is 7.63. The third-order valence-electron chi connectivity index (χ3n) is 2.93. The van der Waals surface area contributed by atoms with Gasteiger partial charge in [-0.1, -0.05) is 28.1 Å². The van der Waals surface area contributed by atoms with E-state index in [-0.39, 0.29) is 0 Å². The van der Waals surface area contributed by atoms with E-state index >= 15 is 0 Å². The number of fused-ring (bicyclic) bond motifs is 1. The van der Waals surface area contributed by atoms with Crippen molar-refractivity contribution in [2.24, 2.45) is 0 Å². The van der Waals surface area contributed by atoms with Crippen LogP contribution in [0.5, 0.6) is 0 Å². The van der Waals surface area contributed by atoms with Crippen molar-refractivity contribution in [2.75, 3.05) is 5.73 Å². The van der Waals surface area contributed by atoms with E-state index < -0.39 is 0 Å². The van der Waals surface area contributed by atoms with Gasteiger partial charge in [0, 0.05) is 28.0 Å². The standard InChI is InChI=1S/C13H12BrN3S/c14-9-3-1-8(2-4-9)5-12-16-11-7-18-6-10(11)13(15)17-12/h1-4H,5-7H2,(H2,15,16,17). The normalized spacial score (nSPS) is 13.6. The minimum atomic E-state index is 0.650. The van der Waals surface area contributed by atoms with Gasteiger partial charge in [0.1, 0.15) is 11.6 Å². The Morgan fingerprint density at radius 1 is 1.17 bits per heavy atom. The van der Waals surface area contributed by atoms with E-state index in [0.29, 0.717) is 5.82 Å². The zero-order chi connectivity index (χ0) is 12.5. The van der Waals surface area contributed by atoms with Crippen LogP contribution in [0.4, 0.5) is 5.82 Å². The number of nitrogens with two attached hydrogens (primary N) is 1. The lowest BCUT2D eigenvalue weighted by molar-refractivity contribution is 0.934. The molecule has 0 saturated heterocycles. The molecule has 0 fully saturated rings. The summed E-state index contributed by atoms with van der Waals surface area (Å²) < 4.78 is 1.08. The largest absolute Gasteiger partial charge is 0.383 e. The molecule has 18 heavy (non-hydrogen) atoms. The highest BCUT2D eigenvalue weighted by molar-refractivity contribution is 9.10. The van der Waals surface area contributed by atoms with Crippen molar-refractivity contribution in [2.45, 2.75) is 17.9 Å². The predicted molar refractivity (Wildman–Crippen MR) is 78.4 cm³/mol. The molecule has 2 heterocycles. The van der Waals surface area contributed by atoms with Crippen molar-refractivity contribution in [3.8, 4) is 0 Å². The van der Waals surface area contributed by atoms with Crippen LogP contribution in [0.15, 0.2) is 28.7 Å². The van der Waals surface area contributed by atoms with Gasteiger partial charge >= 0.3 is 0 Å². The van der Waals surface area contributed by atoms with Gasteiger partial charge in [-0.15, -0.1) is 0 Å². The minimum Gasteiger partial charge on any atom is -0.383 e. The lowest BCUT2D eigenvalue weighted by Gasteiger charge is -2.06. The Morgan fingerprint density at radius 2 is 1.94 bits per heavy atom. The van der Waals surface area contributed by atoms with Gasteiger partial charge < -0.3 is 5.73 Å². The summed E-state index contributed by atoms with van der Waals surface area (Å²) in [6.45, 7) is 0. The van der Waals surface area contributed by atoms with E-state index in [1.165, 1.54) is 5.56 Å². The third kappa shape index (κ3) is 2.37. The quantitative estimate of drug-likeness (QED) is 0.923. The van der Waals surface area contributed by atoms with Gasteiger partial charge in [-0.25, -0.2) is 9.97 Å². The van der Waals surface area contributed by atoms with Crippen LogP contribution in [0, 0.1) is 0 Å². The number of anilines is 1. The van der Waals surface area contributed by atoms with Gasteiger partial charge in [-0.3, -0.25) is 0 Å². The molecule has 0 bridgehead atoms. The van der Waals surface area contributed by atoms with Gasteiger partial charge in [0.25, 0.3) is 0 Å². The number of hydrogen-bond acceptors (Lipinski definition) is 4. The molecule has 1 aliphatic heterocycles. The molecule has 2 aromatic rings. The van der Waals surface area contributed by atoms with Crippen LogP contribution in [0.25, 0.3) is 0 Å². The summed E-state index contributed by atoms with van der Waals surface area (Å²) in [5.74, 6) is 3.36. The second-order valence-electron chi connectivity index (χ2n) is 4.25. The van der Waals surface area contributed by atoms with Crippen molar-refractivity contribution < 1.29 is 0 Å². The van der Waals surface area contributed by atoms with Crippen molar-refractivity contribution in [1.82, 2.24) is 9.97 Å². The molecule has 0 aliphatic carbocycles. The first-order chi connectivity index (χ1) is 8.72. The minimum absolute atomic E-state index is 0.650. The van der Waals surface area contributed by atoms with Crippen LogP contribution in [-0.4, -0.2) is 9.97 Å². The number of benzene rings is 1. The number of hydrogen-bond donors (Lipinski definition) is 1. The highest BCUT2D eigenvalue weighted by Gasteiger charge is 2.18. The summed E-state index contributed by atoms with van der Waals surface area (Å²) in [7, 11) is 0. The smallest absolute Gasteiger partial charge is 0.135 e. The van der Waals surface area contributed by atoms with Gasteiger partial charge in [0.05, 0.1) is 5.69 Å². The second-order valence-corrected chi connectivity index (χ2v) is 6.15. The molecule has 1 aromatic carbocycles. The lowest BCUT2D eigenvalue weighted by atomic mass is 10.1. The van der Waals surface area contributed by atoms with Crippen molar-refractivity contribution in [3.63, 3.8) is 0 Å². The second kappa shape index (κ2) is 4.90. The van der Waals surface area contributed by atoms with Crippen LogP contribution in [0.2, 0.25) is 0 Å². The number of aromatic nitrogens is 2. The highest BCUT2D eigenvalue weighted by Crippen LogP contribution is 2.31. The summed E-state index contributed by atoms with van der Waals surface area (Å²) in [4.78, 5) is 9.01. The van der Waals surface area contributed by atoms with E-state index in [1.807, 2.05) is 23.9 Å². The Kier molecular flexibility index (Phi) is 3.26. The molecule has 0 saturated carbocycles. The van der Waals surface area contributed by atoms with Gasteiger partial charge in [0.15, 0.2) is 0 Å². The number of nitrogen functional groups attached to an aromatic ring is 1. The Labute approximate surface area is 118 Å². The average molecular weight is 322 g/mol. The molecular weight excluding hydrogens is 310 g/mol. The fraction of sp³-hybridized carbons (Fsp3) is 0.231. The van der Waals surface area contributed by atoms with Crippen LogP contribution in [-0.2, 0) is 17.9 Å². The van der Waals surface area contributed by atoms with E-state index in [9.17, 15) is 0 Å². The molecule has 0 radical (unpaired) electrons. The van der Waals surface area contributed by atoms with Gasteiger partial charge in [0.2, 0.25) is 0 Å². The fourth-order valence-electron chi connectivity index (χ4n) is 1.99. The summed E-state index contributed by atoms with van der Waals surface area (Å²) in [6.07, 6.45) is 0.732. The monoisotopic (exact) mass is 321 g/mol. The Morgan fingerprint density at radius 3 is 2.72 bits per heavy atom. The lowest BCUT2D eigenvalue weighted by Crippen LogP contribution is -2.06. The van der Waals surface area contributed by atoms with Gasteiger partial charge in [-0.05, 0) is 17.7 Å². The maximum Gasteiger partial charge on any atom is 0.135 e. The van der Waals surface area contributed by atoms with Crippen LogP contribution < -0.4 is 5.73 Å². The molecule has 3 nitrogen and oxygen atoms in total. The third-order valence-corrected chi connectivity index (χ3v) is 4.43. The molecule has 0 atom stereocenters. The Hall–Kier alpha value is -1.07. The first kappa shape index (κ1) is 12.0. The summed E-state index contributed by atoms with van der Waals surface area (Å²) >= 11 is 5.27. The molecule has 0 unspecified atom stereocenters. The number of halogens is 1. The maximum absolute atomic E-state index is 5.98. The molecule has 0 spiro atoms. The highest BCUT2D eigenvalue weighted by atomic mass is 79.9. The average Bonchev–Trinajstić information content (AvgIpc) is 2.81. The molecular formula is C13H12BrN3S.